The minimum atomic E-state index is -4.04. The molecule has 0 spiro atoms. The number of hydrogen-bond acceptors (Lipinski definition) is 5. The number of β-amino-alcohol motifs (C(OH)–C–C–N with tert-alkyl or cyclic N) is 1. The van der Waals surface area contributed by atoms with Crippen molar-refractivity contribution in [1.29, 1.82) is 0 Å². The highest BCUT2D eigenvalue weighted by Crippen LogP contribution is 2.16. The van der Waals surface area contributed by atoms with Gasteiger partial charge in [-0.15, -0.1) is 0 Å². The lowest BCUT2D eigenvalue weighted by Gasteiger charge is -2.30. The molecule has 142 valence electrons. The van der Waals surface area contributed by atoms with E-state index < -0.39 is 10.3 Å². The predicted octanol–water partition coefficient (Wildman–Crippen LogP) is 1.29. The zero-order valence-corrected chi connectivity index (χ0v) is 15.3. The molecule has 0 aromatic heterocycles. The summed E-state index contributed by atoms with van der Waals surface area (Å²) < 4.78 is 37.9. The fraction of sp³-hybridized carbons (Fsp3) is 1.00. The van der Waals surface area contributed by atoms with E-state index in [1.807, 2.05) is 0 Å². The van der Waals surface area contributed by atoms with Crippen LogP contribution in [-0.2, 0) is 15.0 Å². The van der Waals surface area contributed by atoms with Crippen molar-refractivity contribution in [3.05, 3.63) is 0 Å². The summed E-state index contributed by atoms with van der Waals surface area (Å²) in [6, 6.07) is 0. The third-order valence-corrected chi connectivity index (χ3v) is 5.95. The number of rotatable bonds is 9. The molecule has 2 rings (SSSR count). The van der Waals surface area contributed by atoms with Gasteiger partial charge in [-0.2, -0.15) is 12.7 Å². The van der Waals surface area contributed by atoms with Crippen LogP contribution < -0.4 is 0 Å². The lowest BCUT2D eigenvalue weighted by Crippen LogP contribution is -2.40. The molecular formula is C16H32N2O5S. The normalized spacial score (nSPS) is 25.2. The van der Waals surface area contributed by atoms with E-state index in [9.17, 15) is 13.5 Å². The van der Waals surface area contributed by atoms with Crippen LogP contribution in [0.3, 0.4) is 0 Å². The first-order valence-electron chi connectivity index (χ1n) is 9.20. The molecule has 7 nitrogen and oxygen atoms in total. The van der Waals surface area contributed by atoms with Gasteiger partial charge in [0, 0.05) is 26.2 Å². The van der Waals surface area contributed by atoms with Gasteiger partial charge >= 0.3 is 10.3 Å². The SMILES string of the molecule is O=S(=O)(O)N1CCC(OCCCCCCN2CCCC(O)C2)CC1. The second-order valence-electron chi connectivity index (χ2n) is 6.96. The second kappa shape index (κ2) is 10.0. The van der Waals surface area contributed by atoms with Crippen LogP contribution in [0.2, 0.25) is 0 Å². The van der Waals surface area contributed by atoms with Gasteiger partial charge in [0.15, 0.2) is 0 Å². The number of piperidine rings is 2. The molecule has 2 saturated heterocycles. The number of unbranched alkanes of at least 4 members (excludes halogenated alkanes) is 3. The predicted molar refractivity (Wildman–Crippen MR) is 92.2 cm³/mol. The quantitative estimate of drug-likeness (QED) is 0.473. The monoisotopic (exact) mass is 364 g/mol. The van der Waals surface area contributed by atoms with Crippen molar-refractivity contribution in [2.24, 2.45) is 0 Å². The molecule has 0 amide bonds. The van der Waals surface area contributed by atoms with Crippen LogP contribution in [0, 0.1) is 0 Å². The van der Waals surface area contributed by atoms with Gasteiger partial charge in [0.1, 0.15) is 0 Å². The molecule has 0 aromatic carbocycles. The van der Waals surface area contributed by atoms with Crippen molar-refractivity contribution in [1.82, 2.24) is 9.21 Å². The minimum Gasteiger partial charge on any atom is -0.392 e. The van der Waals surface area contributed by atoms with E-state index in [0.29, 0.717) is 25.9 Å². The number of nitrogens with zero attached hydrogens (tertiary/aromatic N) is 2. The summed E-state index contributed by atoms with van der Waals surface area (Å²) in [6.45, 7) is 4.41. The Morgan fingerprint density at radius 1 is 1.00 bits per heavy atom. The van der Waals surface area contributed by atoms with E-state index in [-0.39, 0.29) is 12.2 Å². The molecule has 8 heteroatoms. The molecule has 2 fully saturated rings. The molecule has 1 unspecified atom stereocenters. The standard InChI is InChI=1S/C16H32N2O5S/c19-15-6-5-10-17(14-15)9-3-1-2-4-13-23-16-7-11-18(12-8-16)24(20,21)22/h15-16,19H,1-14H2,(H,20,21,22). The highest BCUT2D eigenvalue weighted by molar-refractivity contribution is 7.83. The van der Waals surface area contributed by atoms with Crippen LogP contribution in [0.5, 0.6) is 0 Å². The maximum Gasteiger partial charge on any atom is 0.335 e. The van der Waals surface area contributed by atoms with Gasteiger partial charge < -0.3 is 14.7 Å². The summed E-state index contributed by atoms with van der Waals surface area (Å²) in [6.07, 6.45) is 7.83. The van der Waals surface area contributed by atoms with Crippen molar-refractivity contribution in [3.8, 4) is 0 Å². The Kier molecular flexibility index (Phi) is 8.39. The zero-order chi connectivity index (χ0) is 17.4. The fourth-order valence-corrected chi connectivity index (χ4v) is 4.18. The van der Waals surface area contributed by atoms with E-state index >= 15 is 0 Å². The Morgan fingerprint density at radius 2 is 1.71 bits per heavy atom. The molecule has 0 bridgehead atoms. The highest BCUT2D eigenvalue weighted by Gasteiger charge is 2.26. The van der Waals surface area contributed by atoms with Crippen LogP contribution >= 0.6 is 0 Å². The number of hydrogen-bond donors (Lipinski definition) is 2. The first-order valence-corrected chi connectivity index (χ1v) is 10.6. The van der Waals surface area contributed by atoms with E-state index in [1.54, 1.807) is 0 Å². The van der Waals surface area contributed by atoms with Crippen molar-refractivity contribution in [2.75, 3.05) is 39.3 Å². The largest absolute Gasteiger partial charge is 0.392 e. The van der Waals surface area contributed by atoms with Crippen molar-refractivity contribution in [3.63, 3.8) is 0 Å². The maximum atomic E-state index is 11.0. The smallest absolute Gasteiger partial charge is 0.335 e. The summed E-state index contributed by atoms with van der Waals surface area (Å²) in [4.78, 5) is 2.35. The van der Waals surface area contributed by atoms with Crippen LogP contribution in [-0.4, -0.2) is 78.8 Å². The van der Waals surface area contributed by atoms with Crippen LogP contribution in [0.25, 0.3) is 0 Å². The van der Waals surface area contributed by atoms with Gasteiger partial charge in [0.2, 0.25) is 0 Å². The van der Waals surface area contributed by atoms with Crippen molar-refractivity contribution >= 4 is 10.3 Å². The van der Waals surface area contributed by atoms with Crippen molar-refractivity contribution in [2.45, 2.75) is 63.6 Å². The second-order valence-corrected chi connectivity index (χ2v) is 8.37. The summed E-state index contributed by atoms with van der Waals surface area (Å²) >= 11 is 0. The molecule has 2 N–H and O–H groups in total. The average molecular weight is 365 g/mol. The number of aliphatic hydroxyl groups excluding tert-OH is 1. The molecule has 0 radical (unpaired) electrons. The van der Waals surface area contributed by atoms with E-state index in [0.717, 1.165) is 56.2 Å². The summed E-state index contributed by atoms with van der Waals surface area (Å²) in [5, 5.41) is 9.63. The van der Waals surface area contributed by atoms with Crippen LogP contribution in [0.1, 0.15) is 51.4 Å². The number of ether oxygens (including phenoxy) is 1. The average Bonchev–Trinajstić information content (AvgIpc) is 2.53. The van der Waals surface area contributed by atoms with Gasteiger partial charge in [-0.1, -0.05) is 12.8 Å². The zero-order valence-electron chi connectivity index (χ0n) is 14.5. The van der Waals surface area contributed by atoms with Crippen molar-refractivity contribution < 1.29 is 22.8 Å². The topological polar surface area (TPSA) is 90.3 Å². The Labute approximate surface area is 145 Å². The molecule has 0 saturated carbocycles. The Morgan fingerprint density at radius 3 is 2.38 bits per heavy atom. The van der Waals surface area contributed by atoms with Gasteiger partial charge in [0.25, 0.3) is 0 Å². The van der Waals surface area contributed by atoms with E-state index in [2.05, 4.69) is 4.90 Å². The molecule has 2 aliphatic rings. The van der Waals surface area contributed by atoms with Gasteiger partial charge in [0.05, 0.1) is 12.2 Å². The van der Waals surface area contributed by atoms with Gasteiger partial charge in [-0.3, -0.25) is 4.55 Å². The first kappa shape index (κ1) is 20.1. The molecule has 1 atom stereocenters. The third kappa shape index (κ3) is 7.33. The number of likely N-dealkylation sites (tertiary alicyclic amines) is 1. The lowest BCUT2D eigenvalue weighted by molar-refractivity contribution is 0.0180. The highest BCUT2D eigenvalue weighted by atomic mass is 32.2. The first-order chi connectivity index (χ1) is 11.4. The third-order valence-electron chi connectivity index (χ3n) is 4.93. The summed E-state index contributed by atoms with van der Waals surface area (Å²) in [5.74, 6) is 0. The van der Waals surface area contributed by atoms with Crippen LogP contribution in [0.4, 0.5) is 0 Å². The number of aliphatic hydroxyl groups is 1. The molecule has 24 heavy (non-hydrogen) atoms. The minimum absolute atomic E-state index is 0.109. The lowest BCUT2D eigenvalue weighted by atomic mass is 10.1. The summed E-state index contributed by atoms with van der Waals surface area (Å²) in [7, 11) is -4.04. The van der Waals surface area contributed by atoms with Gasteiger partial charge in [-0.05, 0) is 51.6 Å². The Bertz CT molecular complexity index is 451. The van der Waals surface area contributed by atoms with E-state index in [4.69, 9.17) is 9.29 Å². The molecule has 0 aromatic rings. The van der Waals surface area contributed by atoms with E-state index in [1.165, 1.54) is 12.8 Å². The fourth-order valence-electron chi connectivity index (χ4n) is 3.50. The maximum absolute atomic E-state index is 11.0. The molecule has 2 heterocycles. The Hall–Kier alpha value is -0.250. The molecule has 0 aliphatic carbocycles. The van der Waals surface area contributed by atoms with Crippen LogP contribution in [0.15, 0.2) is 0 Å². The van der Waals surface area contributed by atoms with Gasteiger partial charge in [-0.25, -0.2) is 0 Å². The molecule has 2 aliphatic heterocycles. The summed E-state index contributed by atoms with van der Waals surface area (Å²) in [5.41, 5.74) is 0. The molecular weight excluding hydrogens is 332 g/mol. The Balaban J connectivity index is 1.43.